The first-order valence-corrected chi connectivity index (χ1v) is 12.3. The van der Waals surface area contributed by atoms with Crippen LogP contribution in [0.1, 0.15) is 51.0 Å². The molecule has 7 nitrogen and oxygen atoms in total. The molecular weight excluding hydrogens is 444 g/mol. The van der Waals surface area contributed by atoms with Crippen molar-refractivity contribution in [3.63, 3.8) is 0 Å². The minimum atomic E-state index is -0.612. The first kappa shape index (κ1) is 23.4. The molecule has 4 aliphatic rings. The predicted molar refractivity (Wildman–Crippen MR) is 131 cm³/mol. The van der Waals surface area contributed by atoms with E-state index >= 15 is 0 Å². The van der Waals surface area contributed by atoms with Crippen molar-refractivity contribution >= 4 is 23.5 Å². The van der Waals surface area contributed by atoms with Gasteiger partial charge >= 0.3 is 5.97 Å². The van der Waals surface area contributed by atoms with Crippen LogP contribution in [0.5, 0.6) is 11.5 Å². The average Bonchev–Trinajstić information content (AvgIpc) is 2.78. The summed E-state index contributed by atoms with van der Waals surface area (Å²) < 4.78 is 11.5. The molecule has 2 atom stereocenters. The number of benzene rings is 2. The fourth-order valence-corrected chi connectivity index (χ4v) is 6.88. The molecule has 2 N–H and O–H groups in total. The normalized spacial score (nSPS) is 28.3. The van der Waals surface area contributed by atoms with Crippen LogP contribution < -0.4 is 15.4 Å². The van der Waals surface area contributed by atoms with Gasteiger partial charge in [0.05, 0.1) is 11.1 Å². The van der Waals surface area contributed by atoms with Gasteiger partial charge in [-0.2, -0.15) is 0 Å². The summed E-state index contributed by atoms with van der Waals surface area (Å²) in [6, 6.07) is 14.8. The molecule has 0 heterocycles. The van der Waals surface area contributed by atoms with E-state index in [1.807, 2.05) is 37.3 Å². The maximum absolute atomic E-state index is 13.3. The van der Waals surface area contributed by atoms with Gasteiger partial charge in [-0.05, 0) is 81.5 Å². The van der Waals surface area contributed by atoms with Crippen molar-refractivity contribution in [3.8, 4) is 11.5 Å². The summed E-state index contributed by atoms with van der Waals surface area (Å²) in [6.45, 7) is 3.18. The maximum Gasteiger partial charge on any atom is 0.312 e. The van der Waals surface area contributed by atoms with Crippen LogP contribution in [-0.2, 0) is 19.1 Å². The fourth-order valence-electron chi connectivity index (χ4n) is 6.88. The Hall–Kier alpha value is -3.35. The molecule has 7 heteroatoms. The smallest absolute Gasteiger partial charge is 0.312 e. The monoisotopic (exact) mass is 476 g/mol. The zero-order valence-electron chi connectivity index (χ0n) is 20.3. The Morgan fingerprint density at radius 2 is 1.66 bits per heavy atom. The second-order valence-electron chi connectivity index (χ2n) is 10.7. The fraction of sp³-hybridized carbons (Fsp3) is 0.464. The molecule has 4 saturated carbocycles. The number of carbonyl (C=O) groups is 3. The van der Waals surface area contributed by atoms with Gasteiger partial charge in [0.25, 0.3) is 5.91 Å². The van der Waals surface area contributed by atoms with Gasteiger partial charge in [0.2, 0.25) is 5.91 Å². The molecular formula is C28H32N2O5. The lowest BCUT2D eigenvalue weighted by molar-refractivity contribution is -0.176. The molecule has 2 aromatic carbocycles. The molecule has 184 valence electrons. The number of aryl methyl sites for hydroxylation is 1. The number of anilines is 1. The van der Waals surface area contributed by atoms with Crippen LogP contribution in [0, 0.1) is 24.2 Å². The van der Waals surface area contributed by atoms with Gasteiger partial charge in [0.1, 0.15) is 5.75 Å². The highest BCUT2D eigenvalue weighted by atomic mass is 16.5. The second kappa shape index (κ2) is 9.02. The molecule has 4 aliphatic carbocycles. The number of esters is 1. The lowest BCUT2D eigenvalue weighted by atomic mass is 9.47. The van der Waals surface area contributed by atoms with Crippen molar-refractivity contribution in [1.82, 2.24) is 5.32 Å². The lowest BCUT2D eigenvalue weighted by Crippen LogP contribution is -2.64. The van der Waals surface area contributed by atoms with Gasteiger partial charge in [0, 0.05) is 12.5 Å². The Labute approximate surface area is 205 Å². The summed E-state index contributed by atoms with van der Waals surface area (Å²) >= 11 is 0. The SMILES string of the molecule is CC(=O)NC12CC3CC(C1)CC(C(=O)OCC(=O)Nc1ccccc1Oc1ccc(C)cc1)(C3)C2. The van der Waals surface area contributed by atoms with Crippen molar-refractivity contribution in [2.75, 3.05) is 11.9 Å². The third kappa shape index (κ3) is 4.90. The maximum atomic E-state index is 13.3. The van der Waals surface area contributed by atoms with Gasteiger partial charge in [-0.15, -0.1) is 0 Å². The molecule has 0 aliphatic heterocycles. The van der Waals surface area contributed by atoms with E-state index in [9.17, 15) is 14.4 Å². The van der Waals surface area contributed by atoms with Crippen LogP contribution in [0.4, 0.5) is 5.69 Å². The molecule has 0 saturated heterocycles. The second-order valence-corrected chi connectivity index (χ2v) is 10.7. The highest BCUT2D eigenvalue weighted by molar-refractivity contribution is 5.94. The van der Waals surface area contributed by atoms with Crippen molar-refractivity contribution in [3.05, 3.63) is 54.1 Å². The first-order chi connectivity index (χ1) is 16.7. The largest absolute Gasteiger partial charge is 0.455 e. The molecule has 0 aromatic heterocycles. The van der Waals surface area contributed by atoms with Crippen molar-refractivity contribution < 1.29 is 23.9 Å². The van der Waals surface area contributed by atoms with Crippen LogP contribution in [-0.4, -0.2) is 29.9 Å². The summed E-state index contributed by atoms with van der Waals surface area (Å²) in [5.74, 6) is 1.21. The number of carbonyl (C=O) groups excluding carboxylic acids is 3. The summed E-state index contributed by atoms with van der Waals surface area (Å²) in [4.78, 5) is 37.8. The number of nitrogens with one attached hydrogen (secondary N) is 2. The predicted octanol–water partition coefficient (Wildman–Crippen LogP) is 4.74. The molecule has 0 radical (unpaired) electrons. The van der Waals surface area contributed by atoms with E-state index in [1.165, 1.54) is 6.92 Å². The highest BCUT2D eigenvalue weighted by Crippen LogP contribution is 2.62. The van der Waals surface area contributed by atoms with Crippen LogP contribution in [0.2, 0.25) is 0 Å². The van der Waals surface area contributed by atoms with Crippen molar-refractivity contribution in [2.24, 2.45) is 17.3 Å². The average molecular weight is 477 g/mol. The van der Waals surface area contributed by atoms with E-state index in [0.29, 0.717) is 35.4 Å². The third-order valence-electron chi connectivity index (χ3n) is 7.68. The van der Waals surface area contributed by atoms with Gasteiger partial charge in [0.15, 0.2) is 12.4 Å². The van der Waals surface area contributed by atoms with Crippen molar-refractivity contribution in [2.45, 2.75) is 57.9 Å². The van der Waals surface area contributed by atoms with E-state index in [2.05, 4.69) is 10.6 Å². The van der Waals surface area contributed by atoms with E-state index in [0.717, 1.165) is 37.7 Å². The highest BCUT2D eigenvalue weighted by Gasteiger charge is 2.61. The first-order valence-electron chi connectivity index (χ1n) is 12.3. The summed E-state index contributed by atoms with van der Waals surface area (Å²) in [6.07, 6.45) is 5.11. The van der Waals surface area contributed by atoms with E-state index in [-0.39, 0.29) is 24.0 Å². The number of para-hydroxylation sites is 2. The standard InChI is InChI=1S/C28H32N2O5/c1-18-7-9-22(10-8-18)35-24-6-4-3-5-23(24)29-25(32)16-34-26(33)27-12-20-11-21(13-27)15-28(14-20,17-27)30-19(2)31/h3-10,20-21H,11-17H2,1-2H3,(H,29,32)(H,30,31). The van der Waals surface area contributed by atoms with E-state index in [4.69, 9.17) is 9.47 Å². The van der Waals surface area contributed by atoms with Gasteiger partial charge < -0.3 is 20.1 Å². The van der Waals surface area contributed by atoms with Gasteiger partial charge in [-0.1, -0.05) is 29.8 Å². The Bertz CT molecular complexity index is 1130. The van der Waals surface area contributed by atoms with Crippen LogP contribution in [0.15, 0.2) is 48.5 Å². The molecule has 2 unspecified atom stereocenters. The topological polar surface area (TPSA) is 93.7 Å². The number of hydrogen-bond acceptors (Lipinski definition) is 5. The molecule has 6 rings (SSSR count). The van der Waals surface area contributed by atoms with E-state index < -0.39 is 11.3 Å². The minimum absolute atomic E-state index is 0.0543. The molecule has 2 amide bonds. The number of ether oxygens (including phenoxy) is 2. The summed E-state index contributed by atoms with van der Waals surface area (Å²) in [7, 11) is 0. The molecule has 35 heavy (non-hydrogen) atoms. The Morgan fingerprint density at radius 3 is 2.34 bits per heavy atom. The molecule has 4 bridgehead atoms. The number of rotatable bonds is 7. The Morgan fingerprint density at radius 1 is 0.971 bits per heavy atom. The van der Waals surface area contributed by atoms with Crippen LogP contribution in [0.3, 0.4) is 0 Å². The quantitative estimate of drug-likeness (QED) is 0.563. The summed E-state index contributed by atoms with van der Waals surface area (Å²) in [5, 5.41) is 5.96. The Balaban J connectivity index is 1.22. The van der Waals surface area contributed by atoms with E-state index in [1.54, 1.807) is 18.2 Å². The van der Waals surface area contributed by atoms with Gasteiger partial charge in [-0.3, -0.25) is 14.4 Å². The third-order valence-corrected chi connectivity index (χ3v) is 7.68. The zero-order chi connectivity index (χ0) is 24.6. The molecule has 0 spiro atoms. The summed E-state index contributed by atoms with van der Waals surface area (Å²) in [5.41, 5.74) is 0.708. The zero-order valence-corrected chi connectivity index (χ0v) is 20.3. The minimum Gasteiger partial charge on any atom is -0.455 e. The van der Waals surface area contributed by atoms with Crippen LogP contribution >= 0.6 is 0 Å². The molecule has 2 aromatic rings. The van der Waals surface area contributed by atoms with Crippen LogP contribution in [0.25, 0.3) is 0 Å². The number of amides is 2. The lowest BCUT2D eigenvalue weighted by Gasteiger charge is -2.60. The molecule has 4 fully saturated rings. The number of hydrogen-bond donors (Lipinski definition) is 2. The van der Waals surface area contributed by atoms with Gasteiger partial charge in [-0.25, -0.2) is 0 Å². The Kier molecular flexibility index (Phi) is 6.03. The van der Waals surface area contributed by atoms with Crippen molar-refractivity contribution in [1.29, 1.82) is 0 Å².